The maximum Gasteiger partial charge on any atom is 0.422 e. The second-order valence-corrected chi connectivity index (χ2v) is 5.91. The Labute approximate surface area is 144 Å². The van der Waals surface area contributed by atoms with Crippen molar-refractivity contribution in [2.24, 2.45) is 5.92 Å². The molecule has 2 heterocycles. The van der Waals surface area contributed by atoms with E-state index in [1.807, 2.05) is 30.3 Å². The third-order valence-electron chi connectivity index (χ3n) is 4.02. The molecule has 1 saturated heterocycles. The summed E-state index contributed by atoms with van der Waals surface area (Å²) in [4.78, 5) is 3.89. The predicted molar refractivity (Wildman–Crippen MR) is 86.6 cm³/mol. The minimum Gasteiger partial charge on any atom is -0.480 e. The molecule has 0 aliphatic carbocycles. The predicted octanol–water partition coefficient (Wildman–Crippen LogP) is 3.75. The number of pyridine rings is 1. The molecule has 4 nitrogen and oxygen atoms in total. The third-order valence-corrected chi connectivity index (χ3v) is 4.02. The van der Waals surface area contributed by atoms with Crippen LogP contribution in [0.2, 0.25) is 0 Å². The minimum atomic E-state index is -4.43. The fraction of sp³-hybridized carbons (Fsp3) is 0.389. The fourth-order valence-electron chi connectivity index (χ4n) is 2.88. The van der Waals surface area contributed by atoms with Crippen LogP contribution >= 0.6 is 0 Å². The van der Waals surface area contributed by atoms with Crippen molar-refractivity contribution < 1.29 is 22.6 Å². The van der Waals surface area contributed by atoms with Crippen molar-refractivity contribution in [3.05, 3.63) is 54.2 Å². The van der Waals surface area contributed by atoms with Crippen LogP contribution in [-0.4, -0.2) is 30.9 Å². The van der Waals surface area contributed by atoms with Gasteiger partial charge in [-0.25, -0.2) is 4.98 Å². The Bertz CT molecular complexity index is 674. The lowest BCUT2D eigenvalue weighted by atomic mass is 9.95. The van der Waals surface area contributed by atoms with E-state index in [2.05, 4.69) is 10.3 Å². The number of ether oxygens (including phenoxy) is 2. The van der Waals surface area contributed by atoms with E-state index in [4.69, 9.17) is 9.47 Å². The van der Waals surface area contributed by atoms with Crippen molar-refractivity contribution in [2.75, 3.05) is 19.7 Å². The van der Waals surface area contributed by atoms with Gasteiger partial charge < -0.3 is 14.8 Å². The zero-order chi connectivity index (χ0) is 17.7. The summed E-state index contributed by atoms with van der Waals surface area (Å²) in [5.41, 5.74) is 0.974. The van der Waals surface area contributed by atoms with Crippen LogP contribution in [0.5, 0.6) is 11.6 Å². The minimum absolute atomic E-state index is 0.147. The highest BCUT2D eigenvalue weighted by Crippen LogP contribution is 2.35. The van der Waals surface area contributed by atoms with Crippen molar-refractivity contribution in [2.45, 2.75) is 18.7 Å². The number of alkyl halides is 3. The first kappa shape index (κ1) is 17.5. The zero-order valence-electron chi connectivity index (χ0n) is 13.5. The highest BCUT2D eigenvalue weighted by atomic mass is 19.4. The van der Waals surface area contributed by atoms with Gasteiger partial charge in [0.1, 0.15) is 6.10 Å². The summed E-state index contributed by atoms with van der Waals surface area (Å²) in [6.07, 6.45) is -2.40. The molecule has 1 aliphatic rings. The van der Waals surface area contributed by atoms with Gasteiger partial charge in [-0.3, -0.25) is 0 Å². The summed E-state index contributed by atoms with van der Waals surface area (Å²) >= 11 is 0. The van der Waals surface area contributed by atoms with Crippen molar-refractivity contribution >= 4 is 0 Å². The molecule has 2 atom stereocenters. The zero-order valence-corrected chi connectivity index (χ0v) is 13.5. The van der Waals surface area contributed by atoms with Crippen molar-refractivity contribution in [3.63, 3.8) is 0 Å². The fourth-order valence-corrected chi connectivity index (χ4v) is 2.88. The molecule has 0 spiro atoms. The van der Waals surface area contributed by atoms with Crippen LogP contribution in [0.25, 0.3) is 0 Å². The number of aromatic nitrogens is 1. The van der Waals surface area contributed by atoms with E-state index in [0.717, 1.165) is 25.1 Å². The van der Waals surface area contributed by atoms with Gasteiger partial charge in [-0.2, -0.15) is 13.2 Å². The molecule has 1 aromatic carbocycles. The molecule has 7 heteroatoms. The Morgan fingerprint density at radius 2 is 1.96 bits per heavy atom. The number of hydrogen-bond donors (Lipinski definition) is 1. The van der Waals surface area contributed by atoms with Gasteiger partial charge in [0.05, 0.1) is 0 Å². The van der Waals surface area contributed by atoms with Crippen LogP contribution in [-0.2, 0) is 0 Å². The number of rotatable bonds is 6. The molecule has 1 N–H and O–H groups in total. The van der Waals surface area contributed by atoms with Gasteiger partial charge in [0.25, 0.3) is 5.88 Å². The van der Waals surface area contributed by atoms with Crippen molar-refractivity contribution in [1.82, 2.24) is 10.3 Å². The summed E-state index contributed by atoms with van der Waals surface area (Å²) in [5, 5.41) is 3.29. The summed E-state index contributed by atoms with van der Waals surface area (Å²) in [7, 11) is 0. The van der Waals surface area contributed by atoms with Crippen LogP contribution in [0.4, 0.5) is 13.2 Å². The van der Waals surface area contributed by atoms with Gasteiger partial charge in [-0.1, -0.05) is 30.3 Å². The molecule has 0 saturated carbocycles. The van der Waals surface area contributed by atoms with Crippen LogP contribution in [0.15, 0.2) is 48.7 Å². The Hall–Kier alpha value is -2.28. The monoisotopic (exact) mass is 352 g/mol. The average Bonchev–Trinajstić information content (AvgIpc) is 3.13. The van der Waals surface area contributed by atoms with Gasteiger partial charge >= 0.3 is 6.18 Å². The summed E-state index contributed by atoms with van der Waals surface area (Å²) in [6, 6.07) is 12.8. The largest absolute Gasteiger partial charge is 0.480 e. The van der Waals surface area contributed by atoms with E-state index in [0.29, 0.717) is 0 Å². The lowest BCUT2D eigenvalue weighted by molar-refractivity contribution is -0.154. The van der Waals surface area contributed by atoms with Crippen LogP contribution in [0.3, 0.4) is 0 Å². The third kappa shape index (κ3) is 4.85. The SMILES string of the molecule is FC(F)(F)COc1ncccc1OC(c1ccccc1)C1CCNC1. The quantitative estimate of drug-likeness (QED) is 0.860. The molecule has 2 unspecified atom stereocenters. The molecule has 3 rings (SSSR count). The van der Waals surface area contributed by atoms with E-state index in [-0.39, 0.29) is 23.7 Å². The van der Waals surface area contributed by atoms with Crippen LogP contribution in [0, 0.1) is 5.92 Å². The highest BCUT2D eigenvalue weighted by molar-refractivity contribution is 5.34. The number of halogens is 3. The molecule has 0 amide bonds. The summed E-state index contributed by atoms with van der Waals surface area (Å²) in [6.45, 7) is 0.280. The molecule has 25 heavy (non-hydrogen) atoms. The molecule has 1 aromatic heterocycles. The second-order valence-electron chi connectivity index (χ2n) is 5.91. The van der Waals surface area contributed by atoms with Crippen molar-refractivity contribution in [3.8, 4) is 11.6 Å². The molecule has 0 bridgehead atoms. The number of hydrogen-bond acceptors (Lipinski definition) is 4. The Balaban J connectivity index is 1.82. The van der Waals surface area contributed by atoms with Gasteiger partial charge in [0.2, 0.25) is 0 Å². The lowest BCUT2D eigenvalue weighted by Gasteiger charge is -2.25. The molecule has 0 radical (unpaired) electrons. The van der Waals surface area contributed by atoms with E-state index >= 15 is 0 Å². The number of nitrogens with one attached hydrogen (secondary N) is 1. The van der Waals surface area contributed by atoms with Gasteiger partial charge in [-0.15, -0.1) is 0 Å². The molecule has 1 aliphatic heterocycles. The standard InChI is InChI=1S/C18H19F3N2O2/c19-18(20,21)12-24-17-15(7-4-9-23-17)25-16(14-8-10-22-11-14)13-5-2-1-3-6-13/h1-7,9,14,16,22H,8,10-12H2. The number of nitrogens with zero attached hydrogens (tertiary/aromatic N) is 1. The number of benzene rings is 1. The Kier molecular flexibility index (Phi) is 5.43. The first-order valence-electron chi connectivity index (χ1n) is 8.10. The van der Waals surface area contributed by atoms with Crippen LogP contribution in [0.1, 0.15) is 18.1 Å². The highest BCUT2D eigenvalue weighted by Gasteiger charge is 2.31. The van der Waals surface area contributed by atoms with Gasteiger partial charge in [-0.05, 0) is 30.7 Å². The van der Waals surface area contributed by atoms with E-state index in [1.54, 1.807) is 12.1 Å². The first-order valence-corrected chi connectivity index (χ1v) is 8.10. The smallest absolute Gasteiger partial charge is 0.422 e. The molecular weight excluding hydrogens is 333 g/mol. The Morgan fingerprint density at radius 1 is 1.16 bits per heavy atom. The second kappa shape index (κ2) is 7.74. The summed E-state index contributed by atoms with van der Waals surface area (Å²) < 4.78 is 48.2. The maximum atomic E-state index is 12.4. The van der Waals surface area contributed by atoms with Crippen LogP contribution < -0.4 is 14.8 Å². The average molecular weight is 352 g/mol. The maximum absolute atomic E-state index is 12.4. The van der Waals surface area contributed by atoms with E-state index < -0.39 is 12.8 Å². The van der Waals surface area contributed by atoms with Gasteiger partial charge in [0.15, 0.2) is 12.4 Å². The van der Waals surface area contributed by atoms with E-state index in [9.17, 15) is 13.2 Å². The molecule has 2 aromatic rings. The van der Waals surface area contributed by atoms with E-state index in [1.165, 1.54) is 6.20 Å². The Morgan fingerprint density at radius 3 is 2.64 bits per heavy atom. The van der Waals surface area contributed by atoms with Gasteiger partial charge in [0, 0.05) is 18.7 Å². The molecule has 134 valence electrons. The van der Waals surface area contributed by atoms with Crippen molar-refractivity contribution in [1.29, 1.82) is 0 Å². The topological polar surface area (TPSA) is 43.4 Å². The first-order chi connectivity index (χ1) is 12.0. The lowest BCUT2D eigenvalue weighted by Crippen LogP contribution is -2.23. The molecular formula is C18H19F3N2O2. The molecule has 1 fully saturated rings. The normalized spacial score (nSPS) is 18.8. The summed E-state index contributed by atoms with van der Waals surface area (Å²) in [5.74, 6) is 0.289.